The number of aromatic nitrogens is 3. The molecule has 4 heterocycles. The summed E-state index contributed by atoms with van der Waals surface area (Å²) in [5.41, 5.74) is -1.15. The fourth-order valence-corrected chi connectivity index (χ4v) is 8.46. The molecule has 0 radical (unpaired) electrons. The van der Waals surface area contributed by atoms with Crippen LogP contribution in [0.15, 0.2) is 67.0 Å². The minimum Gasteiger partial charge on any atom is -0.453 e. The first-order chi connectivity index (χ1) is 35.8. The second kappa shape index (κ2) is 24.8. The summed E-state index contributed by atoms with van der Waals surface area (Å²) in [4.78, 5) is 62.2. The zero-order valence-electron chi connectivity index (χ0n) is 42.8. The topological polar surface area (TPSA) is 205 Å². The third kappa shape index (κ3) is 14.9. The number of aliphatic hydroxyl groups is 1. The first-order valence-electron chi connectivity index (χ1n) is 24.0. The average Bonchev–Trinajstić information content (AvgIpc) is 3.88. The van der Waals surface area contributed by atoms with Crippen LogP contribution in [0.25, 0.3) is 11.3 Å². The van der Waals surface area contributed by atoms with Gasteiger partial charge in [-0.15, -0.1) is 0 Å². The molecule has 4 aromatic rings. The van der Waals surface area contributed by atoms with Gasteiger partial charge in [0, 0.05) is 73.9 Å². The normalized spacial score (nSPS) is 16.9. The fraction of sp³-hybridized carbons (Fsp3) is 0.490. The highest BCUT2D eigenvalue weighted by molar-refractivity contribution is 5.87. The number of rotatable bonds is 17. The Morgan fingerprint density at radius 3 is 2.07 bits per heavy atom. The summed E-state index contributed by atoms with van der Waals surface area (Å²) in [5.74, 6) is 2.04. The Balaban J connectivity index is 1.30. The van der Waals surface area contributed by atoms with Crippen molar-refractivity contribution < 1.29 is 69.2 Å². The van der Waals surface area contributed by atoms with Crippen LogP contribution in [0.2, 0.25) is 0 Å². The molecule has 2 aliphatic heterocycles. The van der Waals surface area contributed by atoms with E-state index in [1.165, 1.54) is 0 Å². The third-order valence-electron chi connectivity index (χ3n) is 13.1. The number of piperazine rings is 1. The molecule has 2 aromatic heterocycles. The number of benzene rings is 2. The van der Waals surface area contributed by atoms with Gasteiger partial charge in [-0.05, 0) is 73.7 Å². The van der Waals surface area contributed by atoms with Crippen LogP contribution in [0.3, 0.4) is 0 Å². The number of nitrogens with one attached hydrogen (secondary N) is 4. The van der Waals surface area contributed by atoms with Gasteiger partial charge in [-0.1, -0.05) is 44.7 Å². The van der Waals surface area contributed by atoms with Crippen molar-refractivity contribution in [3.05, 3.63) is 101 Å². The van der Waals surface area contributed by atoms with E-state index in [0.717, 1.165) is 82.2 Å². The highest BCUT2D eigenvalue weighted by atomic mass is 19.4. The molecule has 2 aliphatic rings. The number of pyridine rings is 1. The van der Waals surface area contributed by atoms with Gasteiger partial charge in [0.2, 0.25) is 5.91 Å². The molecular weight excluding hydrogens is 1010 g/mol. The van der Waals surface area contributed by atoms with Crippen LogP contribution in [0.1, 0.15) is 63.4 Å². The van der Waals surface area contributed by atoms with Gasteiger partial charge in [-0.25, -0.2) is 33.0 Å². The largest absolute Gasteiger partial charge is 0.453 e. The molecule has 76 heavy (non-hydrogen) atoms. The summed E-state index contributed by atoms with van der Waals surface area (Å²) in [7, 11) is 1.92. The quantitative estimate of drug-likeness (QED) is 0.0501. The molecule has 2 aromatic carbocycles. The molecule has 0 aliphatic carbocycles. The standard InChI is InChI=1S/C51H61F7N10O8/c1-49(2,3)42(61-47(72)74-6)45(71)64-67(27-35-36(52)23-33(24-37(35)53)38-16-17-68(63-38)46(54)55)28-40(69)39(60-44(70)43(62-48(73)75-7)50(4,5)51(56,57)58)22-31-11-8-30(9-12-31)10-13-32-14-15-41(59-25-32)66-19-18-65-20-21-76-29-34(65)26-66/h8-9,11-12,14-17,23-25,34,39-40,42-43,46,69H,18-22,26-29H2,1-7H3,(H,60,70)(H,61,72)(H,62,73)(H,64,71)/t34-,39+,40+,42-,43-/m1/s1. The van der Waals surface area contributed by atoms with Crippen LogP contribution in [-0.2, 0) is 36.8 Å². The Labute approximate surface area is 434 Å². The predicted octanol–water partition coefficient (Wildman–Crippen LogP) is 5.54. The first-order valence-corrected chi connectivity index (χ1v) is 24.0. The lowest BCUT2D eigenvalue weighted by Gasteiger charge is -2.44. The fourth-order valence-electron chi connectivity index (χ4n) is 8.46. The van der Waals surface area contributed by atoms with Crippen LogP contribution < -0.4 is 26.3 Å². The molecule has 2 fully saturated rings. The number of nitrogens with zero attached hydrogens (tertiary/aromatic N) is 6. The number of anilines is 1. The molecule has 0 saturated carbocycles. The van der Waals surface area contributed by atoms with Gasteiger partial charge in [-0.3, -0.25) is 19.9 Å². The number of hydrogen-bond donors (Lipinski definition) is 5. The maximum atomic E-state index is 16.0. The number of amides is 4. The molecule has 6 rings (SSSR count). The van der Waals surface area contributed by atoms with Gasteiger partial charge < -0.3 is 40.2 Å². The van der Waals surface area contributed by atoms with Gasteiger partial charge in [0.25, 0.3) is 5.91 Å². The van der Waals surface area contributed by atoms with Crippen molar-refractivity contribution in [2.45, 2.75) is 90.6 Å². The Hall–Kier alpha value is -7.01. The molecule has 18 nitrogen and oxygen atoms in total. The van der Waals surface area contributed by atoms with E-state index in [-0.39, 0.29) is 28.4 Å². The van der Waals surface area contributed by atoms with Gasteiger partial charge in [-0.2, -0.15) is 27.1 Å². The number of fused-ring (bicyclic) bond motifs is 1. The van der Waals surface area contributed by atoms with Crippen LogP contribution in [0, 0.1) is 34.3 Å². The van der Waals surface area contributed by atoms with Crippen LogP contribution in [-0.4, -0.2) is 150 Å². The number of carbonyl (C=O) groups is 4. The second-order valence-corrected chi connectivity index (χ2v) is 19.9. The van der Waals surface area contributed by atoms with E-state index in [0.29, 0.717) is 37.1 Å². The van der Waals surface area contributed by atoms with Crippen molar-refractivity contribution in [1.29, 1.82) is 0 Å². The number of hydrazine groups is 1. The van der Waals surface area contributed by atoms with E-state index in [9.17, 15) is 46.2 Å². The highest BCUT2D eigenvalue weighted by Gasteiger charge is 2.56. The maximum Gasteiger partial charge on any atom is 0.407 e. The van der Waals surface area contributed by atoms with E-state index in [2.05, 4.69) is 52.5 Å². The lowest BCUT2D eigenvalue weighted by atomic mass is 9.82. The van der Waals surface area contributed by atoms with Crippen molar-refractivity contribution in [2.75, 3.05) is 65.1 Å². The summed E-state index contributed by atoms with van der Waals surface area (Å²) in [6.07, 6.45) is -7.18. The van der Waals surface area contributed by atoms with E-state index < -0.39 is 102 Å². The van der Waals surface area contributed by atoms with Gasteiger partial charge in [0.15, 0.2) is 0 Å². The van der Waals surface area contributed by atoms with E-state index >= 15 is 8.78 Å². The zero-order chi connectivity index (χ0) is 55.7. The average molecular weight is 1080 g/mol. The van der Waals surface area contributed by atoms with E-state index in [1.54, 1.807) is 51.2 Å². The number of methoxy groups -OCH3 is 2. The van der Waals surface area contributed by atoms with Crippen molar-refractivity contribution in [1.82, 2.24) is 46.0 Å². The summed E-state index contributed by atoms with van der Waals surface area (Å²) in [5, 5.41) is 23.3. The molecule has 2 saturated heterocycles. The molecule has 25 heteroatoms. The van der Waals surface area contributed by atoms with Crippen molar-refractivity contribution in [3.63, 3.8) is 0 Å². The number of carbonyl (C=O) groups excluding carboxylic acids is 4. The third-order valence-corrected chi connectivity index (χ3v) is 13.1. The van der Waals surface area contributed by atoms with Crippen molar-refractivity contribution in [3.8, 4) is 23.1 Å². The van der Waals surface area contributed by atoms with Crippen LogP contribution >= 0.6 is 0 Å². The molecular formula is C51H61F7N10O8. The Kier molecular flexibility index (Phi) is 19.0. The number of hydrogen-bond acceptors (Lipinski definition) is 13. The Morgan fingerprint density at radius 1 is 0.855 bits per heavy atom. The molecule has 412 valence electrons. The number of alkyl halides is 5. The van der Waals surface area contributed by atoms with Crippen molar-refractivity contribution >= 4 is 29.8 Å². The lowest BCUT2D eigenvalue weighted by Crippen LogP contribution is -2.63. The van der Waals surface area contributed by atoms with Gasteiger partial charge >= 0.3 is 24.9 Å². The van der Waals surface area contributed by atoms with E-state index in [1.807, 2.05) is 17.4 Å². The van der Waals surface area contributed by atoms with E-state index in [4.69, 9.17) is 9.47 Å². The minimum absolute atomic E-state index is 0.207. The molecule has 5 N–H and O–H groups in total. The number of alkyl carbamates (subject to hydrolysis) is 2. The molecule has 5 atom stereocenters. The molecule has 0 unspecified atom stereocenters. The number of aliphatic hydroxyl groups excluding tert-OH is 1. The Morgan fingerprint density at radius 2 is 1.49 bits per heavy atom. The molecule has 0 bridgehead atoms. The minimum atomic E-state index is -5.09. The smallest absolute Gasteiger partial charge is 0.407 e. The summed E-state index contributed by atoms with van der Waals surface area (Å²) in [6, 6.07) is 7.81. The first kappa shape index (κ1) is 58.3. The Bertz CT molecular complexity index is 2710. The van der Waals surface area contributed by atoms with Crippen LogP contribution in [0.5, 0.6) is 0 Å². The van der Waals surface area contributed by atoms with Gasteiger partial charge in [0.05, 0.1) is 56.7 Å². The summed E-state index contributed by atoms with van der Waals surface area (Å²) in [6.45, 7) is 6.11. The van der Waals surface area contributed by atoms with Crippen LogP contribution in [0.4, 0.5) is 46.1 Å². The highest BCUT2D eigenvalue weighted by Crippen LogP contribution is 2.41. The van der Waals surface area contributed by atoms with Crippen molar-refractivity contribution in [2.24, 2.45) is 10.8 Å². The molecule has 0 spiro atoms. The number of ether oxygens (including phenoxy) is 3. The zero-order valence-corrected chi connectivity index (χ0v) is 42.8. The van der Waals surface area contributed by atoms with Gasteiger partial charge in [0.1, 0.15) is 29.5 Å². The number of halogens is 7. The predicted molar refractivity (Wildman–Crippen MR) is 262 cm³/mol. The molecule has 4 amide bonds. The maximum absolute atomic E-state index is 16.0. The monoisotopic (exact) mass is 1070 g/mol. The summed E-state index contributed by atoms with van der Waals surface area (Å²) >= 11 is 0. The summed E-state index contributed by atoms with van der Waals surface area (Å²) < 4.78 is 117. The number of morpholine rings is 1. The lowest BCUT2D eigenvalue weighted by molar-refractivity contribution is -0.220. The second-order valence-electron chi connectivity index (χ2n) is 19.9. The SMILES string of the molecule is COC(=O)N[C@H](C(=O)NN(Cc1c(F)cc(-c2ccn(C(F)F)n2)cc1F)C[C@H](O)[C@H](Cc1ccc(C#Cc2ccc(N3CCN4CCOC[C@H]4C3)nc2)cc1)NC(=O)[C@@H](NC(=O)OC)C(C)(C)C(F)(F)F)C(C)(C)C.